The summed E-state index contributed by atoms with van der Waals surface area (Å²) in [5, 5.41) is 4.98. The Bertz CT molecular complexity index is 992. The highest BCUT2D eigenvalue weighted by Crippen LogP contribution is 2.25. The van der Waals surface area contributed by atoms with Crippen molar-refractivity contribution in [2.75, 3.05) is 4.72 Å². The number of nitrogens with zero attached hydrogens (tertiary/aromatic N) is 3. The highest BCUT2D eigenvalue weighted by Gasteiger charge is 2.26. The van der Waals surface area contributed by atoms with Gasteiger partial charge in [-0.2, -0.15) is 18.0 Å². The fraction of sp³-hybridized carbons (Fsp3) is 0.286. The third-order valence-corrected chi connectivity index (χ3v) is 5.81. The van der Waals surface area contributed by atoms with Crippen LogP contribution in [0, 0.1) is 19.7 Å². The smallest absolute Gasteiger partial charge is 0.275 e. The molecule has 0 fully saturated rings. The summed E-state index contributed by atoms with van der Waals surface area (Å²) in [5.74, 6) is -0.634. The third-order valence-electron chi connectivity index (χ3n) is 3.29. The predicted molar refractivity (Wildman–Crippen MR) is 86.9 cm³/mol. The number of benzene rings is 1. The van der Waals surface area contributed by atoms with Crippen LogP contribution in [0.1, 0.15) is 23.2 Å². The number of anilines is 1. The second-order valence-electron chi connectivity index (χ2n) is 5.13. The molecule has 23 heavy (non-hydrogen) atoms. The number of aromatic nitrogens is 3. The van der Waals surface area contributed by atoms with E-state index in [1.165, 1.54) is 28.0 Å². The van der Waals surface area contributed by atoms with Gasteiger partial charge in [0.05, 0.1) is 11.4 Å². The van der Waals surface area contributed by atoms with Crippen molar-refractivity contribution >= 4 is 32.0 Å². The zero-order valence-corrected chi connectivity index (χ0v) is 14.4. The minimum atomic E-state index is -4.01. The zero-order valence-electron chi connectivity index (χ0n) is 12.8. The number of sulfonamides is 1. The molecular formula is C14H15FN4O2S2. The molecule has 1 N–H and O–H groups in total. The van der Waals surface area contributed by atoms with Crippen LogP contribution in [0.4, 0.5) is 10.1 Å². The number of hydrogen-bond acceptors (Lipinski definition) is 5. The lowest BCUT2D eigenvalue weighted by Crippen LogP contribution is -2.17. The molecule has 0 unspecified atom stereocenters. The Hall–Kier alpha value is -2.00. The molecule has 6 nitrogen and oxygen atoms in total. The second-order valence-corrected chi connectivity index (χ2v) is 7.77. The third kappa shape index (κ3) is 2.81. The molecule has 2 aromatic heterocycles. The summed E-state index contributed by atoms with van der Waals surface area (Å²) < 4.78 is 42.8. The van der Waals surface area contributed by atoms with Crippen LogP contribution >= 0.6 is 11.3 Å². The zero-order chi connectivity index (χ0) is 16.8. The molecule has 0 radical (unpaired) electrons. The van der Waals surface area contributed by atoms with Crippen LogP contribution in [0.25, 0.3) is 4.96 Å². The van der Waals surface area contributed by atoms with E-state index < -0.39 is 15.8 Å². The number of hydrogen-bond donors (Lipinski definition) is 1. The minimum Gasteiger partial charge on any atom is -0.275 e. The molecule has 3 rings (SSSR count). The van der Waals surface area contributed by atoms with E-state index in [1.807, 2.05) is 6.92 Å². The van der Waals surface area contributed by atoms with Gasteiger partial charge in [-0.1, -0.05) is 24.3 Å². The minimum absolute atomic E-state index is 0.0654. The van der Waals surface area contributed by atoms with Crippen molar-refractivity contribution in [3.63, 3.8) is 0 Å². The van der Waals surface area contributed by atoms with E-state index in [0.717, 1.165) is 10.6 Å². The molecule has 122 valence electrons. The van der Waals surface area contributed by atoms with Gasteiger partial charge in [-0.3, -0.25) is 4.72 Å². The highest BCUT2D eigenvalue weighted by molar-refractivity contribution is 7.92. The molecule has 2 heterocycles. The normalized spacial score (nSPS) is 12.0. The summed E-state index contributed by atoms with van der Waals surface area (Å²) in [6.07, 6.45) is 0.687. The molecule has 9 heteroatoms. The van der Waals surface area contributed by atoms with Crippen LogP contribution in [0.3, 0.4) is 0 Å². The Kier molecular flexibility index (Phi) is 3.85. The molecule has 0 aliphatic heterocycles. The summed E-state index contributed by atoms with van der Waals surface area (Å²) in [6, 6.07) is 4.24. The van der Waals surface area contributed by atoms with Crippen LogP contribution in [0.15, 0.2) is 23.2 Å². The van der Waals surface area contributed by atoms with Crippen LogP contribution in [0.5, 0.6) is 0 Å². The number of nitrogens with one attached hydrogen (secondary N) is 1. The van der Waals surface area contributed by atoms with Gasteiger partial charge >= 0.3 is 0 Å². The van der Waals surface area contributed by atoms with E-state index in [9.17, 15) is 12.8 Å². The van der Waals surface area contributed by atoms with Crippen molar-refractivity contribution < 1.29 is 12.8 Å². The molecule has 0 saturated heterocycles. The lowest BCUT2D eigenvalue weighted by atomic mass is 10.2. The molecule has 3 aromatic rings. The topological polar surface area (TPSA) is 76.4 Å². The average Bonchev–Trinajstić information content (AvgIpc) is 2.98. The van der Waals surface area contributed by atoms with Crippen molar-refractivity contribution in [3.05, 3.63) is 40.3 Å². The maximum Gasteiger partial charge on any atom is 0.281 e. The summed E-state index contributed by atoms with van der Waals surface area (Å²) in [7, 11) is -4.01. The van der Waals surface area contributed by atoms with E-state index in [2.05, 4.69) is 14.8 Å². The van der Waals surface area contributed by atoms with Gasteiger partial charge in [0, 0.05) is 0 Å². The first-order valence-corrected chi connectivity index (χ1v) is 9.26. The van der Waals surface area contributed by atoms with Crippen LogP contribution < -0.4 is 4.72 Å². The van der Waals surface area contributed by atoms with E-state index in [1.54, 1.807) is 19.9 Å². The van der Waals surface area contributed by atoms with Crippen molar-refractivity contribution in [3.8, 4) is 0 Å². The fourth-order valence-corrected chi connectivity index (χ4v) is 4.50. The first-order valence-electron chi connectivity index (χ1n) is 6.96. The summed E-state index contributed by atoms with van der Waals surface area (Å²) in [5.41, 5.74) is 0.985. The maximum absolute atomic E-state index is 13.9. The van der Waals surface area contributed by atoms with E-state index in [-0.39, 0.29) is 10.7 Å². The van der Waals surface area contributed by atoms with Gasteiger partial charge in [0.1, 0.15) is 10.8 Å². The van der Waals surface area contributed by atoms with Gasteiger partial charge in [0.2, 0.25) is 9.99 Å². The number of rotatable bonds is 4. The van der Waals surface area contributed by atoms with Crippen LogP contribution in [0.2, 0.25) is 0 Å². The average molecular weight is 354 g/mol. The summed E-state index contributed by atoms with van der Waals surface area (Å²) >= 11 is 1.33. The monoisotopic (exact) mass is 354 g/mol. The summed E-state index contributed by atoms with van der Waals surface area (Å²) in [6.45, 7) is 5.28. The van der Waals surface area contributed by atoms with Gasteiger partial charge in [-0.25, -0.2) is 9.37 Å². The van der Waals surface area contributed by atoms with Crippen LogP contribution in [-0.2, 0) is 16.4 Å². The number of fused-ring (bicyclic) bond motifs is 1. The molecule has 0 aliphatic rings. The molecule has 0 spiro atoms. The molecule has 0 atom stereocenters. The molecule has 0 amide bonds. The Morgan fingerprint density at radius 3 is 2.78 bits per heavy atom. The van der Waals surface area contributed by atoms with Gasteiger partial charge in [0.15, 0.2) is 0 Å². The standard InChI is InChI=1S/C14H15FN4O2S2/c1-4-12-17-19-13(9(3)16-14(19)22-12)23(20,21)18-11-7-8(2)5-6-10(11)15/h5-7,18H,4H2,1-3H3. The van der Waals surface area contributed by atoms with Gasteiger partial charge in [-0.15, -0.1) is 0 Å². The number of imidazole rings is 1. The van der Waals surface area contributed by atoms with Gasteiger partial charge in [-0.05, 0) is 38.0 Å². The van der Waals surface area contributed by atoms with Crippen molar-refractivity contribution in [2.45, 2.75) is 32.2 Å². The Morgan fingerprint density at radius 2 is 2.09 bits per heavy atom. The lowest BCUT2D eigenvalue weighted by Gasteiger charge is -2.09. The number of aryl methyl sites for hydroxylation is 3. The highest BCUT2D eigenvalue weighted by atomic mass is 32.2. The summed E-state index contributed by atoms with van der Waals surface area (Å²) in [4.78, 5) is 4.74. The second kappa shape index (κ2) is 5.57. The molecule has 0 aliphatic carbocycles. The lowest BCUT2D eigenvalue weighted by molar-refractivity contribution is 0.590. The van der Waals surface area contributed by atoms with E-state index in [4.69, 9.17) is 0 Å². The van der Waals surface area contributed by atoms with E-state index in [0.29, 0.717) is 17.1 Å². The van der Waals surface area contributed by atoms with Crippen molar-refractivity contribution in [1.82, 2.24) is 14.6 Å². The van der Waals surface area contributed by atoms with Gasteiger partial charge < -0.3 is 0 Å². The number of halogens is 1. The molecular weight excluding hydrogens is 339 g/mol. The fourth-order valence-electron chi connectivity index (χ4n) is 2.23. The van der Waals surface area contributed by atoms with Gasteiger partial charge in [0.25, 0.3) is 10.0 Å². The molecule has 0 bridgehead atoms. The largest absolute Gasteiger partial charge is 0.281 e. The van der Waals surface area contributed by atoms with E-state index >= 15 is 0 Å². The van der Waals surface area contributed by atoms with Crippen molar-refractivity contribution in [2.24, 2.45) is 0 Å². The first kappa shape index (κ1) is 15.9. The molecule has 0 saturated carbocycles. The SMILES string of the molecule is CCc1nn2c(S(=O)(=O)Nc3cc(C)ccc3F)c(C)nc2s1. The Balaban J connectivity index is 2.10. The Labute approximate surface area is 137 Å². The van der Waals surface area contributed by atoms with Crippen molar-refractivity contribution in [1.29, 1.82) is 0 Å². The molecule has 1 aromatic carbocycles. The van der Waals surface area contributed by atoms with Crippen LogP contribution in [-0.4, -0.2) is 23.0 Å². The maximum atomic E-state index is 13.9. The Morgan fingerprint density at radius 1 is 1.35 bits per heavy atom. The quantitative estimate of drug-likeness (QED) is 0.781. The first-order chi connectivity index (χ1) is 10.8. The predicted octanol–water partition coefficient (Wildman–Crippen LogP) is 2.91.